The average Bonchev–Trinajstić information content (AvgIpc) is 3.09. The fourth-order valence-electron chi connectivity index (χ4n) is 3.08. The van der Waals surface area contributed by atoms with Crippen LogP contribution in [-0.4, -0.2) is 47.1 Å². The first-order chi connectivity index (χ1) is 11.4. The molecule has 2 rings (SSSR count). The van der Waals surface area contributed by atoms with Gasteiger partial charge >= 0.3 is 0 Å². The summed E-state index contributed by atoms with van der Waals surface area (Å²) < 4.78 is 0. The number of aliphatic hydroxyl groups excluding tert-OH is 1. The summed E-state index contributed by atoms with van der Waals surface area (Å²) in [7, 11) is 0. The number of amides is 2. The molecule has 1 aromatic carbocycles. The van der Waals surface area contributed by atoms with Crippen molar-refractivity contribution in [2.24, 2.45) is 11.8 Å². The zero-order valence-corrected chi connectivity index (χ0v) is 14.7. The predicted molar refractivity (Wildman–Crippen MR) is 93.5 cm³/mol. The molecule has 1 heterocycles. The highest BCUT2D eigenvalue weighted by Gasteiger charge is 2.35. The molecule has 1 fully saturated rings. The maximum atomic E-state index is 12.9. The normalized spacial score (nSPS) is 21.2. The highest BCUT2D eigenvalue weighted by Crippen LogP contribution is 2.22. The molecular formula is C19H28N2O3. The van der Waals surface area contributed by atoms with Gasteiger partial charge in [-0.05, 0) is 31.4 Å². The molecule has 4 unspecified atom stereocenters. The first-order valence-electron chi connectivity index (χ1n) is 8.76. The minimum Gasteiger partial charge on any atom is -0.393 e. The summed E-state index contributed by atoms with van der Waals surface area (Å²) >= 11 is 0. The van der Waals surface area contributed by atoms with Gasteiger partial charge in [0.25, 0.3) is 5.91 Å². The second-order valence-corrected chi connectivity index (χ2v) is 6.78. The SMILES string of the molecule is CCC(C)C(NC(=O)c1ccccc1)C(=O)N1CCC(C(C)O)C1. The Morgan fingerprint density at radius 2 is 1.96 bits per heavy atom. The van der Waals surface area contributed by atoms with Crippen LogP contribution in [0.15, 0.2) is 30.3 Å². The molecule has 5 heteroatoms. The minimum absolute atomic E-state index is 0.0446. The fourth-order valence-corrected chi connectivity index (χ4v) is 3.08. The van der Waals surface area contributed by atoms with E-state index in [1.165, 1.54) is 0 Å². The molecule has 0 radical (unpaired) electrons. The number of aliphatic hydroxyl groups is 1. The van der Waals surface area contributed by atoms with Gasteiger partial charge in [-0.25, -0.2) is 0 Å². The molecule has 1 aliphatic heterocycles. The van der Waals surface area contributed by atoms with Crippen molar-refractivity contribution >= 4 is 11.8 Å². The Morgan fingerprint density at radius 1 is 1.29 bits per heavy atom. The van der Waals surface area contributed by atoms with Crippen molar-refractivity contribution in [1.82, 2.24) is 10.2 Å². The second-order valence-electron chi connectivity index (χ2n) is 6.78. The number of hydrogen-bond donors (Lipinski definition) is 2. The van der Waals surface area contributed by atoms with Crippen LogP contribution in [-0.2, 0) is 4.79 Å². The number of carbonyl (C=O) groups is 2. The lowest BCUT2D eigenvalue weighted by Crippen LogP contribution is -2.51. The van der Waals surface area contributed by atoms with Crippen molar-refractivity contribution < 1.29 is 14.7 Å². The van der Waals surface area contributed by atoms with Crippen LogP contribution >= 0.6 is 0 Å². The Hall–Kier alpha value is -1.88. The largest absolute Gasteiger partial charge is 0.393 e. The van der Waals surface area contributed by atoms with Crippen molar-refractivity contribution in [3.8, 4) is 0 Å². The Bertz CT molecular complexity index is 559. The second kappa shape index (κ2) is 8.29. The van der Waals surface area contributed by atoms with E-state index in [0.29, 0.717) is 18.7 Å². The monoisotopic (exact) mass is 332 g/mol. The average molecular weight is 332 g/mol. The molecule has 2 N–H and O–H groups in total. The molecule has 0 aromatic heterocycles. The summed E-state index contributed by atoms with van der Waals surface area (Å²) in [6, 6.07) is 8.43. The maximum Gasteiger partial charge on any atom is 0.251 e. The lowest BCUT2D eigenvalue weighted by atomic mass is 9.97. The standard InChI is InChI=1S/C19H28N2O3/c1-4-13(2)17(20-18(23)15-8-6-5-7-9-15)19(24)21-11-10-16(12-21)14(3)22/h5-9,13-14,16-17,22H,4,10-12H2,1-3H3,(H,20,23). The zero-order chi connectivity index (χ0) is 17.7. The van der Waals surface area contributed by atoms with Crippen LogP contribution in [0.2, 0.25) is 0 Å². The van der Waals surface area contributed by atoms with Gasteiger partial charge in [0.1, 0.15) is 6.04 Å². The molecule has 1 saturated heterocycles. The van der Waals surface area contributed by atoms with Crippen LogP contribution < -0.4 is 5.32 Å². The molecule has 5 nitrogen and oxygen atoms in total. The van der Waals surface area contributed by atoms with Crippen molar-refractivity contribution in [3.05, 3.63) is 35.9 Å². The Labute approximate surface area is 144 Å². The molecule has 24 heavy (non-hydrogen) atoms. The number of hydrogen-bond acceptors (Lipinski definition) is 3. The maximum absolute atomic E-state index is 12.9. The number of nitrogens with one attached hydrogen (secondary N) is 1. The lowest BCUT2D eigenvalue weighted by Gasteiger charge is -2.28. The number of likely N-dealkylation sites (tertiary alicyclic amines) is 1. The van der Waals surface area contributed by atoms with E-state index >= 15 is 0 Å². The molecule has 0 bridgehead atoms. The molecule has 0 saturated carbocycles. The molecule has 1 aliphatic rings. The smallest absolute Gasteiger partial charge is 0.251 e. The number of carbonyl (C=O) groups excluding carboxylic acids is 2. The molecule has 132 valence electrons. The quantitative estimate of drug-likeness (QED) is 0.838. The van der Waals surface area contributed by atoms with Gasteiger partial charge < -0.3 is 15.3 Å². The number of rotatable bonds is 6. The van der Waals surface area contributed by atoms with Gasteiger partial charge in [0.05, 0.1) is 6.10 Å². The van der Waals surface area contributed by atoms with Crippen molar-refractivity contribution in [2.45, 2.75) is 45.8 Å². The highest BCUT2D eigenvalue weighted by atomic mass is 16.3. The summed E-state index contributed by atoms with van der Waals surface area (Å²) in [5, 5.41) is 12.6. The van der Waals surface area contributed by atoms with Crippen LogP contribution in [0.1, 0.15) is 44.0 Å². The Balaban J connectivity index is 2.08. The van der Waals surface area contributed by atoms with Gasteiger partial charge in [-0.1, -0.05) is 38.5 Å². The lowest BCUT2D eigenvalue weighted by molar-refractivity contribution is -0.133. The summed E-state index contributed by atoms with van der Waals surface area (Å²) in [6.07, 6.45) is 1.20. The third-order valence-corrected chi connectivity index (χ3v) is 5.02. The fraction of sp³-hybridized carbons (Fsp3) is 0.579. The third-order valence-electron chi connectivity index (χ3n) is 5.02. The van der Waals surface area contributed by atoms with E-state index in [0.717, 1.165) is 12.8 Å². The predicted octanol–water partition coefficient (Wildman–Crippen LogP) is 2.06. The van der Waals surface area contributed by atoms with E-state index in [9.17, 15) is 14.7 Å². The van der Waals surface area contributed by atoms with Gasteiger partial charge in [0.15, 0.2) is 0 Å². The molecule has 4 atom stereocenters. The summed E-state index contributed by atoms with van der Waals surface area (Å²) in [5.41, 5.74) is 0.557. The van der Waals surface area contributed by atoms with E-state index < -0.39 is 12.1 Å². The number of nitrogens with zero attached hydrogens (tertiary/aromatic N) is 1. The topological polar surface area (TPSA) is 69.6 Å². The highest BCUT2D eigenvalue weighted by molar-refractivity contribution is 5.97. The summed E-state index contributed by atoms with van der Waals surface area (Å²) in [5.74, 6) is -0.0931. The van der Waals surface area contributed by atoms with Gasteiger partial charge in [-0.15, -0.1) is 0 Å². The molecule has 2 amide bonds. The van der Waals surface area contributed by atoms with E-state index in [4.69, 9.17) is 0 Å². The van der Waals surface area contributed by atoms with Gasteiger partial charge in [-0.3, -0.25) is 9.59 Å². The third kappa shape index (κ3) is 4.35. The Kier molecular flexibility index (Phi) is 6.37. The first-order valence-corrected chi connectivity index (χ1v) is 8.76. The summed E-state index contributed by atoms with van der Waals surface area (Å²) in [6.45, 7) is 6.97. The molecular weight excluding hydrogens is 304 g/mol. The van der Waals surface area contributed by atoms with Gasteiger partial charge in [0, 0.05) is 24.6 Å². The summed E-state index contributed by atoms with van der Waals surface area (Å²) in [4.78, 5) is 27.1. The zero-order valence-electron chi connectivity index (χ0n) is 14.7. The van der Waals surface area contributed by atoms with E-state index in [2.05, 4.69) is 5.32 Å². The molecule has 0 aliphatic carbocycles. The van der Waals surface area contributed by atoms with Gasteiger partial charge in [-0.2, -0.15) is 0 Å². The van der Waals surface area contributed by atoms with Crippen LogP contribution in [0.3, 0.4) is 0 Å². The van der Waals surface area contributed by atoms with Crippen molar-refractivity contribution in [3.63, 3.8) is 0 Å². The van der Waals surface area contributed by atoms with Crippen LogP contribution in [0, 0.1) is 11.8 Å². The minimum atomic E-state index is -0.532. The van der Waals surface area contributed by atoms with Crippen LogP contribution in [0.5, 0.6) is 0 Å². The first kappa shape index (κ1) is 18.5. The van der Waals surface area contributed by atoms with Gasteiger partial charge in [0.2, 0.25) is 5.91 Å². The van der Waals surface area contributed by atoms with E-state index in [1.807, 2.05) is 32.0 Å². The molecule has 1 aromatic rings. The van der Waals surface area contributed by atoms with Crippen LogP contribution in [0.25, 0.3) is 0 Å². The van der Waals surface area contributed by atoms with Crippen molar-refractivity contribution in [2.75, 3.05) is 13.1 Å². The molecule has 0 spiro atoms. The Morgan fingerprint density at radius 3 is 2.50 bits per heavy atom. The van der Waals surface area contributed by atoms with Crippen LogP contribution in [0.4, 0.5) is 0 Å². The van der Waals surface area contributed by atoms with E-state index in [-0.39, 0.29) is 23.7 Å². The number of benzene rings is 1. The van der Waals surface area contributed by atoms with E-state index in [1.54, 1.807) is 24.0 Å². The van der Waals surface area contributed by atoms with Crippen molar-refractivity contribution in [1.29, 1.82) is 0 Å².